The molecule has 0 nitrogen and oxygen atoms in total. The van der Waals surface area contributed by atoms with Crippen LogP contribution in [0.5, 0.6) is 0 Å². The first kappa shape index (κ1) is 26.2. The molecule has 1 unspecified atom stereocenters. The Morgan fingerprint density at radius 1 is 0.593 bits per heavy atom. The molecule has 0 fully saturated rings. The zero-order chi connectivity index (χ0) is 22.1. The molecule has 0 amide bonds. The first-order valence-corrected chi connectivity index (χ1v) is 7.84. The largest absolute Gasteiger partial charge is 0.400 e. The summed E-state index contributed by atoms with van der Waals surface area (Å²) in [5.74, 6) is -8.42. The van der Waals surface area contributed by atoms with E-state index in [1.54, 1.807) is 0 Å². The van der Waals surface area contributed by atoms with Gasteiger partial charge in [0.1, 0.15) is 0 Å². The van der Waals surface area contributed by atoms with Gasteiger partial charge in [-0.25, -0.2) is 0 Å². The average molecular weight is 428 g/mol. The molecule has 0 heterocycles. The summed E-state index contributed by atoms with van der Waals surface area (Å²) in [4.78, 5) is 0. The van der Waals surface area contributed by atoms with Crippen LogP contribution in [0.1, 0.15) is 46.5 Å². The lowest BCUT2D eigenvalue weighted by atomic mass is 9.75. The topological polar surface area (TPSA) is 0 Å². The van der Waals surface area contributed by atoms with E-state index in [1.165, 1.54) is 13.8 Å². The van der Waals surface area contributed by atoms with Gasteiger partial charge in [0.05, 0.1) is 0 Å². The van der Waals surface area contributed by atoms with Crippen molar-refractivity contribution in [2.24, 2.45) is 23.2 Å². The van der Waals surface area contributed by atoms with Crippen LogP contribution in [0, 0.1) is 23.2 Å². The Kier molecular flexibility index (Phi) is 8.01. The van der Waals surface area contributed by atoms with Gasteiger partial charge < -0.3 is 0 Å². The molecule has 0 aromatic rings. The van der Waals surface area contributed by atoms with Gasteiger partial charge in [-0.05, 0) is 37.0 Å². The van der Waals surface area contributed by atoms with Crippen molar-refractivity contribution in [3.05, 3.63) is 0 Å². The molecule has 0 aliphatic carbocycles. The summed E-state index contributed by atoms with van der Waals surface area (Å²) in [5.41, 5.74) is -1.31. The maximum Gasteiger partial charge on any atom is 0.400 e. The number of hydrogen-bond acceptors (Lipinski definition) is 0. The van der Waals surface area contributed by atoms with Gasteiger partial charge in [-0.3, -0.25) is 0 Å². The molecule has 0 saturated carbocycles. The van der Waals surface area contributed by atoms with Crippen molar-refractivity contribution >= 4 is 0 Å². The normalized spacial score (nSPS) is 16.3. The molecule has 0 spiro atoms. The highest BCUT2D eigenvalue weighted by molar-refractivity contribution is 4.83. The third-order valence-electron chi connectivity index (χ3n) is 4.23. The predicted octanol–water partition coefficient (Wildman–Crippen LogP) is 7.69. The van der Waals surface area contributed by atoms with Gasteiger partial charge in [0, 0.05) is 0 Å². The Balaban J connectivity index is 5.05. The van der Waals surface area contributed by atoms with Crippen LogP contribution in [0.15, 0.2) is 0 Å². The number of halogens is 12. The van der Waals surface area contributed by atoms with Crippen molar-refractivity contribution in [1.82, 2.24) is 0 Å². The first-order chi connectivity index (χ1) is 11.6. The van der Waals surface area contributed by atoms with Gasteiger partial charge in [0.15, 0.2) is 11.8 Å². The molecule has 0 aliphatic rings. The zero-order valence-corrected chi connectivity index (χ0v) is 14.6. The van der Waals surface area contributed by atoms with Gasteiger partial charge >= 0.3 is 24.7 Å². The van der Waals surface area contributed by atoms with Gasteiger partial charge in [0.25, 0.3) is 0 Å². The SMILES string of the molecule is CC(CC(C(F)(F)F)C(F)(F)F)CC(C)(C)CCC(C(F)(F)F)C(F)(F)F. The lowest BCUT2D eigenvalue weighted by Gasteiger charge is -2.33. The second-order valence-electron chi connectivity index (χ2n) is 7.52. The predicted molar refractivity (Wildman–Crippen MR) is 72.6 cm³/mol. The molecule has 0 radical (unpaired) electrons. The quantitative estimate of drug-likeness (QED) is 0.365. The summed E-state index contributed by atoms with van der Waals surface area (Å²) >= 11 is 0. The van der Waals surface area contributed by atoms with Crippen LogP contribution < -0.4 is 0 Å². The molecule has 0 bridgehead atoms. The molecule has 0 aliphatic heterocycles. The Bertz CT molecular complexity index is 423. The first-order valence-electron chi connectivity index (χ1n) is 7.84. The van der Waals surface area contributed by atoms with Crippen LogP contribution >= 0.6 is 0 Å². The van der Waals surface area contributed by atoms with Crippen LogP contribution in [0.3, 0.4) is 0 Å². The summed E-state index contributed by atoms with van der Waals surface area (Å²) in [6.45, 7) is 3.48. The average Bonchev–Trinajstić information content (AvgIpc) is 2.28. The molecule has 164 valence electrons. The van der Waals surface area contributed by atoms with Crippen LogP contribution in [0.25, 0.3) is 0 Å². The van der Waals surface area contributed by atoms with Crippen LogP contribution in [-0.2, 0) is 0 Å². The third kappa shape index (κ3) is 9.27. The summed E-state index contributed by atoms with van der Waals surface area (Å²) in [6, 6.07) is 0. The molecule has 0 saturated heterocycles. The summed E-state index contributed by atoms with van der Waals surface area (Å²) in [7, 11) is 0. The fraction of sp³-hybridized carbons (Fsp3) is 1.00. The summed E-state index contributed by atoms with van der Waals surface area (Å²) in [5, 5.41) is 0. The van der Waals surface area contributed by atoms with E-state index in [9.17, 15) is 52.7 Å². The third-order valence-corrected chi connectivity index (χ3v) is 4.23. The Morgan fingerprint density at radius 2 is 0.926 bits per heavy atom. The van der Waals surface area contributed by atoms with E-state index in [0.29, 0.717) is 0 Å². The fourth-order valence-electron chi connectivity index (χ4n) is 3.03. The molecular formula is C15H20F12. The van der Waals surface area contributed by atoms with Crippen molar-refractivity contribution in [3.8, 4) is 0 Å². The lowest BCUT2D eigenvalue weighted by molar-refractivity contribution is -0.290. The maximum absolute atomic E-state index is 12.6. The highest BCUT2D eigenvalue weighted by Crippen LogP contribution is 2.47. The molecular weight excluding hydrogens is 408 g/mol. The van der Waals surface area contributed by atoms with Crippen LogP contribution in [0.4, 0.5) is 52.7 Å². The Labute approximate surface area is 148 Å². The highest BCUT2D eigenvalue weighted by atomic mass is 19.4. The Hall–Kier alpha value is -0.840. The lowest BCUT2D eigenvalue weighted by Crippen LogP contribution is -2.38. The molecule has 27 heavy (non-hydrogen) atoms. The van der Waals surface area contributed by atoms with Crippen molar-refractivity contribution in [2.75, 3.05) is 0 Å². The van der Waals surface area contributed by atoms with Crippen LogP contribution in [-0.4, -0.2) is 24.7 Å². The van der Waals surface area contributed by atoms with E-state index in [4.69, 9.17) is 0 Å². The minimum Gasteiger partial charge on any atom is -0.170 e. The second kappa shape index (κ2) is 8.26. The monoisotopic (exact) mass is 428 g/mol. The molecule has 0 aromatic carbocycles. The smallest absolute Gasteiger partial charge is 0.170 e. The van der Waals surface area contributed by atoms with Crippen LogP contribution in [0.2, 0.25) is 0 Å². The highest BCUT2D eigenvalue weighted by Gasteiger charge is 2.57. The Morgan fingerprint density at radius 3 is 1.22 bits per heavy atom. The van der Waals surface area contributed by atoms with Gasteiger partial charge in [-0.2, -0.15) is 52.7 Å². The second-order valence-corrected chi connectivity index (χ2v) is 7.52. The molecule has 0 aromatic heterocycles. The molecule has 0 N–H and O–H groups in total. The van der Waals surface area contributed by atoms with E-state index in [-0.39, 0.29) is 0 Å². The maximum atomic E-state index is 12.6. The van der Waals surface area contributed by atoms with E-state index in [2.05, 4.69) is 0 Å². The van der Waals surface area contributed by atoms with Crippen molar-refractivity contribution in [3.63, 3.8) is 0 Å². The van der Waals surface area contributed by atoms with Crippen molar-refractivity contribution < 1.29 is 52.7 Å². The van der Waals surface area contributed by atoms with Crippen molar-refractivity contribution in [1.29, 1.82) is 0 Å². The van der Waals surface area contributed by atoms with Crippen molar-refractivity contribution in [2.45, 2.75) is 71.2 Å². The van der Waals surface area contributed by atoms with E-state index in [1.807, 2.05) is 0 Å². The van der Waals surface area contributed by atoms with Gasteiger partial charge in [0.2, 0.25) is 0 Å². The van der Waals surface area contributed by atoms with Gasteiger partial charge in [-0.1, -0.05) is 20.8 Å². The number of rotatable bonds is 7. The van der Waals surface area contributed by atoms with E-state index < -0.39 is 73.6 Å². The summed E-state index contributed by atoms with van der Waals surface area (Å²) < 4.78 is 150. The van der Waals surface area contributed by atoms with E-state index >= 15 is 0 Å². The van der Waals surface area contributed by atoms with E-state index in [0.717, 1.165) is 6.92 Å². The molecule has 12 heteroatoms. The molecule has 0 rings (SSSR count). The minimum absolute atomic E-state index is 0.391. The zero-order valence-electron chi connectivity index (χ0n) is 14.6. The van der Waals surface area contributed by atoms with Gasteiger partial charge in [-0.15, -0.1) is 0 Å². The fourth-order valence-corrected chi connectivity index (χ4v) is 3.03. The minimum atomic E-state index is -5.55. The standard InChI is InChI=1S/C15H20F12/c1-8(6-10(14(22,23)24)15(25,26)27)7-11(2,3)5-4-9(12(16,17)18)13(19,20)21/h8-10H,4-7H2,1-3H3. The number of alkyl halides is 12. The summed E-state index contributed by atoms with van der Waals surface area (Å²) in [6.07, 6.45) is -25.9. The molecule has 1 atom stereocenters. The number of hydrogen-bond donors (Lipinski definition) is 0.